The van der Waals surface area contributed by atoms with Crippen molar-refractivity contribution in [1.29, 1.82) is 0 Å². The zero-order valence-electron chi connectivity index (χ0n) is 7.72. The van der Waals surface area contributed by atoms with Gasteiger partial charge in [-0.15, -0.1) is 6.42 Å². The van der Waals surface area contributed by atoms with Crippen LogP contribution in [0.1, 0.15) is 27.2 Å². The van der Waals surface area contributed by atoms with Crippen LogP contribution in [0.5, 0.6) is 0 Å². The van der Waals surface area contributed by atoms with Gasteiger partial charge in [0.2, 0.25) is 10.0 Å². The molecule has 0 saturated heterocycles. The average molecular weight is 189 g/mol. The summed E-state index contributed by atoms with van der Waals surface area (Å²) in [5.41, 5.74) is -0.784. The monoisotopic (exact) mass is 189 g/mol. The highest BCUT2D eigenvalue weighted by Crippen LogP contribution is 2.02. The molecule has 0 atom stereocenters. The molecule has 0 bridgehead atoms. The molecule has 70 valence electrons. The fourth-order valence-electron chi connectivity index (χ4n) is 0.738. The van der Waals surface area contributed by atoms with Crippen molar-refractivity contribution in [3.05, 3.63) is 0 Å². The molecule has 0 fully saturated rings. The molecule has 0 aliphatic carbocycles. The number of nitrogens with one attached hydrogen (secondary N) is 1. The Morgan fingerprint density at radius 2 is 2.00 bits per heavy atom. The van der Waals surface area contributed by atoms with Gasteiger partial charge in [0.15, 0.2) is 0 Å². The summed E-state index contributed by atoms with van der Waals surface area (Å²) in [6.07, 6.45) is 5.73. The summed E-state index contributed by atoms with van der Waals surface area (Å²) < 4.78 is 24.8. The third kappa shape index (κ3) is 4.37. The van der Waals surface area contributed by atoms with Crippen molar-refractivity contribution >= 4 is 10.0 Å². The van der Waals surface area contributed by atoms with Gasteiger partial charge >= 0.3 is 0 Å². The summed E-state index contributed by atoms with van der Waals surface area (Å²) in [6.45, 7) is 5.11. The van der Waals surface area contributed by atoms with Crippen LogP contribution in [0, 0.1) is 12.3 Å². The third-order valence-corrected chi connectivity index (χ3v) is 3.01. The zero-order chi connectivity index (χ0) is 9.83. The van der Waals surface area contributed by atoms with E-state index in [1.807, 2.05) is 6.92 Å². The van der Waals surface area contributed by atoms with Crippen molar-refractivity contribution in [2.24, 2.45) is 0 Å². The van der Waals surface area contributed by atoms with Crippen LogP contribution in [-0.4, -0.2) is 19.7 Å². The second-order valence-electron chi connectivity index (χ2n) is 3.19. The Hall–Kier alpha value is -0.530. The largest absolute Gasteiger partial charge is 0.212 e. The van der Waals surface area contributed by atoms with Crippen LogP contribution in [0.2, 0.25) is 0 Å². The minimum absolute atomic E-state index is 0.123. The molecule has 0 amide bonds. The van der Waals surface area contributed by atoms with Gasteiger partial charge in [0.1, 0.15) is 0 Å². The summed E-state index contributed by atoms with van der Waals surface area (Å²) in [7, 11) is -3.19. The van der Waals surface area contributed by atoms with Crippen LogP contribution >= 0.6 is 0 Å². The van der Waals surface area contributed by atoms with E-state index in [2.05, 4.69) is 10.6 Å². The van der Waals surface area contributed by atoms with Gasteiger partial charge in [0, 0.05) is 0 Å². The number of rotatable bonds is 4. The lowest BCUT2D eigenvalue weighted by Gasteiger charge is -2.18. The quantitative estimate of drug-likeness (QED) is 0.663. The number of terminal acetylenes is 1. The molecule has 0 radical (unpaired) electrons. The van der Waals surface area contributed by atoms with E-state index in [1.54, 1.807) is 13.8 Å². The van der Waals surface area contributed by atoms with Crippen LogP contribution in [0.25, 0.3) is 0 Å². The number of hydrogen-bond donors (Lipinski definition) is 1. The Bertz CT molecular complexity index is 272. The van der Waals surface area contributed by atoms with Crippen molar-refractivity contribution in [2.45, 2.75) is 32.7 Å². The first-order chi connectivity index (χ1) is 5.33. The van der Waals surface area contributed by atoms with Gasteiger partial charge in [-0.1, -0.05) is 12.8 Å². The lowest BCUT2D eigenvalue weighted by Crippen LogP contribution is -2.43. The van der Waals surface area contributed by atoms with E-state index in [-0.39, 0.29) is 5.75 Å². The van der Waals surface area contributed by atoms with E-state index < -0.39 is 15.6 Å². The van der Waals surface area contributed by atoms with E-state index in [1.165, 1.54) is 0 Å². The topological polar surface area (TPSA) is 46.2 Å². The smallest absolute Gasteiger partial charge is 0.212 e. The molecule has 0 aromatic rings. The van der Waals surface area contributed by atoms with E-state index in [4.69, 9.17) is 6.42 Å². The Labute approximate surface area is 74.6 Å². The molecule has 0 spiro atoms. The molecule has 0 saturated carbocycles. The maximum atomic E-state index is 11.2. The number of hydrogen-bond acceptors (Lipinski definition) is 2. The summed E-state index contributed by atoms with van der Waals surface area (Å²) in [4.78, 5) is 0. The molecule has 0 unspecified atom stereocenters. The van der Waals surface area contributed by atoms with Gasteiger partial charge in [-0.05, 0) is 20.3 Å². The predicted molar refractivity (Wildman–Crippen MR) is 50.1 cm³/mol. The van der Waals surface area contributed by atoms with Gasteiger partial charge in [-0.2, -0.15) is 4.72 Å². The van der Waals surface area contributed by atoms with Crippen molar-refractivity contribution in [3.63, 3.8) is 0 Å². The third-order valence-electron chi connectivity index (χ3n) is 1.24. The molecule has 0 heterocycles. The minimum Gasteiger partial charge on any atom is -0.212 e. The highest BCUT2D eigenvalue weighted by Gasteiger charge is 2.21. The highest BCUT2D eigenvalue weighted by molar-refractivity contribution is 7.89. The molecule has 0 aromatic heterocycles. The fourth-order valence-corrected chi connectivity index (χ4v) is 2.21. The lowest BCUT2D eigenvalue weighted by atomic mass is 10.1. The molecule has 12 heavy (non-hydrogen) atoms. The highest BCUT2D eigenvalue weighted by atomic mass is 32.2. The molecule has 0 aromatic carbocycles. The van der Waals surface area contributed by atoms with Crippen molar-refractivity contribution in [3.8, 4) is 12.3 Å². The molecule has 3 nitrogen and oxygen atoms in total. The average Bonchev–Trinajstić information content (AvgIpc) is 1.85. The Kier molecular flexibility index (Phi) is 3.75. The minimum atomic E-state index is -3.19. The van der Waals surface area contributed by atoms with Crippen LogP contribution in [0.3, 0.4) is 0 Å². The molecule has 1 N–H and O–H groups in total. The first kappa shape index (κ1) is 11.5. The molecule has 4 heteroatoms. The van der Waals surface area contributed by atoms with Gasteiger partial charge in [-0.25, -0.2) is 8.42 Å². The maximum Gasteiger partial charge on any atom is 0.212 e. The molecule has 0 aliphatic heterocycles. The van der Waals surface area contributed by atoms with E-state index >= 15 is 0 Å². The predicted octanol–water partition coefficient (Wildman–Crippen LogP) is 0.728. The first-order valence-electron chi connectivity index (χ1n) is 3.82. The van der Waals surface area contributed by atoms with Gasteiger partial charge < -0.3 is 0 Å². The van der Waals surface area contributed by atoms with Crippen LogP contribution in [0.15, 0.2) is 0 Å². The lowest BCUT2D eigenvalue weighted by molar-refractivity contribution is 0.538. The van der Waals surface area contributed by atoms with Gasteiger partial charge in [0.25, 0.3) is 0 Å². The van der Waals surface area contributed by atoms with Crippen molar-refractivity contribution in [2.75, 3.05) is 5.75 Å². The summed E-state index contributed by atoms with van der Waals surface area (Å²) in [5, 5.41) is 0. The Morgan fingerprint density at radius 1 is 1.50 bits per heavy atom. The zero-order valence-corrected chi connectivity index (χ0v) is 8.53. The van der Waals surface area contributed by atoms with Crippen LogP contribution in [-0.2, 0) is 10.0 Å². The molecular weight excluding hydrogens is 174 g/mol. The summed E-state index contributed by atoms with van der Waals surface area (Å²) >= 11 is 0. The SMILES string of the molecule is C#CC(C)(C)NS(=O)(=O)CCC. The Morgan fingerprint density at radius 3 is 2.33 bits per heavy atom. The first-order valence-corrected chi connectivity index (χ1v) is 5.47. The molecular formula is C8H15NO2S. The van der Waals surface area contributed by atoms with Crippen LogP contribution < -0.4 is 4.72 Å². The van der Waals surface area contributed by atoms with E-state index in [0.717, 1.165) is 0 Å². The summed E-state index contributed by atoms with van der Waals surface area (Å²) in [6, 6.07) is 0. The molecule has 0 aliphatic rings. The van der Waals surface area contributed by atoms with Gasteiger partial charge in [-0.3, -0.25) is 0 Å². The standard InChI is InChI=1S/C8H15NO2S/c1-5-7-12(10,11)9-8(3,4)6-2/h2,9H,5,7H2,1,3-4H3. The maximum absolute atomic E-state index is 11.2. The normalized spacial score (nSPS) is 12.5. The summed E-state index contributed by atoms with van der Waals surface area (Å²) in [5.74, 6) is 2.49. The van der Waals surface area contributed by atoms with Gasteiger partial charge in [0.05, 0.1) is 11.3 Å². The van der Waals surface area contributed by atoms with Crippen molar-refractivity contribution < 1.29 is 8.42 Å². The number of sulfonamides is 1. The van der Waals surface area contributed by atoms with Crippen molar-refractivity contribution in [1.82, 2.24) is 4.72 Å². The van der Waals surface area contributed by atoms with Crippen LogP contribution in [0.4, 0.5) is 0 Å². The van der Waals surface area contributed by atoms with E-state index in [0.29, 0.717) is 6.42 Å². The second kappa shape index (κ2) is 3.92. The second-order valence-corrected chi connectivity index (χ2v) is 5.03. The fraction of sp³-hybridized carbons (Fsp3) is 0.750. The molecule has 0 rings (SSSR count). The Balaban J connectivity index is 4.38. The van der Waals surface area contributed by atoms with E-state index in [9.17, 15) is 8.42 Å².